The van der Waals surface area contributed by atoms with E-state index < -0.39 is 16.1 Å². The number of benzene rings is 14. The van der Waals surface area contributed by atoms with Gasteiger partial charge < -0.3 is 4.57 Å². The van der Waals surface area contributed by atoms with Crippen molar-refractivity contribution in [2.24, 2.45) is 0 Å². The molecule has 0 N–H and O–H groups in total. The van der Waals surface area contributed by atoms with Gasteiger partial charge in [-0.05, 0) is 95.1 Å². The fraction of sp³-hybridized carbons (Fsp3) is 0. The molecule has 0 radical (unpaired) electrons. The Bertz CT molecular complexity index is 5760. The highest BCUT2D eigenvalue weighted by Crippen LogP contribution is 2.42. The largest absolute Gasteiger partial charge is 0.309 e. The average Bonchev–Trinajstić information content (AvgIpc) is 1.63. The lowest BCUT2D eigenvalue weighted by Crippen LogP contribution is -2.74. The molecule has 18 rings (SSSR count). The Hall–Kier alpha value is -12.1. The molecule has 0 aliphatic heterocycles. The Balaban J connectivity index is 0.940. The van der Waals surface area contributed by atoms with Crippen LogP contribution in [0.1, 0.15) is 0 Å². The summed E-state index contributed by atoms with van der Waals surface area (Å²) in [4.78, 5) is 17.6. The summed E-state index contributed by atoms with van der Waals surface area (Å²) in [6.07, 6.45) is 0. The smallest absolute Gasteiger partial charge is 0.240 e. The highest BCUT2D eigenvalue weighted by molar-refractivity contribution is 7.20. The summed E-state index contributed by atoms with van der Waals surface area (Å²) in [6.45, 7) is 0. The molecule has 18 aromatic rings. The van der Waals surface area contributed by atoms with Crippen molar-refractivity contribution >= 4 is 123 Å². The van der Waals surface area contributed by atoms with Crippen LogP contribution in [0.15, 0.2) is 364 Å². The fourth-order valence-electron chi connectivity index (χ4n) is 15.6. The predicted molar refractivity (Wildman–Crippen MR) is 401 cm³/mol. The van der Waals surface area contributed by atoms with Crippen molar-refractivity contribution in [2.75, 3.05) is 0 Å². The molecule has 6 nitrogen and oxygen atoms in total. The standard InChI is InChI=1S/C87H60N6Si2/c1-8-30-61(31-9-1)62-32-28-46-70(58-62)95(68-42-18-6-19-43-68,69-44-20-7-21-45-69)71-47-29-33-63(59-71)85-88-86(90-87(89-85)93-79-52-26-22-48-73(79)75-55-57-82-83(84(75)93)76-50-24-27-53-80(76)91(82)64-34-10-2-11-35-64)92-78-51-25-23-49-74(78)77-60-72(54-56-81(77)92)94(65-36-12-3-13-37-65,66-38-14-4-15-39-66)67-40-16-5-17-41-67/h1-60H. The summed E-state index contributed by atoms with van der Waals surface area (Å²) in [5.74, 6) is 1.59. The van der Waals surface area contributed by atoms with E-state index >= 15 is 0 Å². The number of nitrogens with zero attached hydrogens (tertiary/aromatic N) is 6. The molecule has 0 saturated carbocycles. The third-order valence-electron chi connectivity index (χ3n) is 19.6. The van der Waals surface area contributed by atoms with Crippen LogP contribution in [-0.4, -0.2) is 44.8 Å². The molecular weight excluding hydrogens is 1190 g/mol. The summed E-state index contributed by atoms with van der Waals surface area (Å²) in [6, 6.07) is 134. The molecule has 0 spiro atoms. The lowest BCUT2D eigenvalue weighted by Gasteiger charge is -2.35. The van der Waals surface area contributed by atoms with E-state index in [4.69, 9.17) is 15.0 Å². The van der Waals surface area contributed by atoms with Gasteiger partial charge in [0.15, 0.2) is 22.0 Å². The highest BCUT2D eigenvalue weighted by atomic mass is 28.3. The molecule has 95 heavy (non-hydrogen) atoms. The minimum absolute atomic E-state index is 0.516. The second kappa shape index (κ2) is 22.9. The summed E-state index contributed by atoms with van der Waals surface area (Å²) >= 11 is 0. The molecule has 0 aliphatic carbocycles. The minimum Gasteiger partial charge on any atom is -0.309 e. The normalized spacial score (nSPS) is 12.0. The van der Waals surface area contributed by atoms with Crippen molar-refractivity contribution in [3.63, 3.8) is 0 Å². The first-order valence-corrected chi connectivity index (χ1v) is 36.5. The van der Waals surface area contributed by atoms with Crippen LogP contribution in [0.25, 0.3) is 106 Å². The summed E-state index contributed by atoms with van der Waals surface area (Å²) in [5, 5.41) is 17.0. The molecule has 0 atom stereocenters. The van der Waals surface area contributed by atoms with E-state index in [1.165, 1.54) is 52.6 Å². The highest BCUT2D eigenvalue weighted by Gasteiger charge is 2.43. The fourth-order valence-corrected chi connectivity index (χ4v) is 25.2. The van der Waals surface area contributed by atoms with Gasteiger partial charge in [-0.3, -0.25) is 9.13 Å². The predicted octanol–water partition coefficient (Wildman–Crippen LogP) is 15.3. The van der Waals surface area contributed by atoms with Crippen molar-refractivity contribution in [1.29, 1.82) is 0 Å². The molecule has 0 unspecified atom stereocenters. The lowest BCUT2D eigenvalue weighted by molar-refractivity contribution is 0.894. The zero-order chi connectivity index (χ0) is 62.9. The van der Waals surface area contributed by atoms with Crippen LogP contribution in [0.5, 0.6) is 0 Å². The summed E-state index contributed by atoms with van der Waals surface area (Å²) in [5.41, 5.74) is 10.6. The van der Waals surface area contributed by atoms with Gasteiger partial charge in [0.1, 0.15) is 0 Å². The molecule has 0 aliphatic rings. The molecule has 0 fully saturated rings. The lowest BCUT2D eigenvalue weighted by atomic mass is 10.1. The summed E-state index contributed by atoms with van der Waals surface area (Å²) < 4.78 is 7.00. The van der Waals surface area contributed by atoms with E-state index in [0.29, 0.717) is 17.7 Å². The quantitative estimate of drug-likeness (QED) is 0.0854. The van der Waals surface area contributed by atoms with Gasteiger partial charge in [-0.1, -0.05) is 322 Å². The maximum atomic E-state index is 5.88. The molecule has 0 saturated heterocycles. The van der Waals surface area contributed by atoms with E-state index in [2.05, 4.69) is 378 Å². The van der Waals surface area contributed by atoms with Crippen LogP contribution < -0.4 is 41.5 Å². The van der Waals surface area contributed by atoms with E-state index in [9.17, 15) is 0 Å². The molecule has 0 bridgehead atoms. The third-order valence-corrected chi connectivity index (χ3v) is 29.1. The Morgan fingerprint density at radius 1 is 0.211 bits per heavy atom. The van der Waals surface area contributed by atoms with Crippen LogP contribution in [-0.2, 0) is 0 Å². The Labute approximate surface area is 552 Å². The number of rotatable bonds is 13. The first kappa shape index (κ1) is 55.7. The maximum absolute atomic E-state index is 5.88. The number of para-hydroxylation sites is 4. The monoisotopic (exact) mass is 1240 g/mol. The zero-order valence-electron chi connectivity index (χ0n) is 51.8. The van der Waals surface area contributed by atoms with Crippen LogP contribution in [0.3, 0.4) is 0 Å². The van der Waals surface area contributed by atoms with Crippen molar-refractivity contribution in [3.05, 3.63) is 364 Å². The van der Waals surface area contributed by atoms with E-state index in [1.54, 1.807) is 0 Å². The van der Waals surface area contributed by atoms with Crippen molar-refractivity contribution in [2.45, 2.75) is 0 Å². The number of fused-ring (bicyclic) bond motifs is 10. The van der Waals surface area contributed by atoms with Gasteiger partial charge in [0.2, 0.25) is 11.9 Å². The first-order chi connectivity index (χ1) is 47.1. The molecule has 0 amide bonds. The van der Waals surface area contributed by atoms with Gasteiger partial charge in [0, 0.05) is 43.6 Å². The van der Waals surface area contributed by atoms with Crippen LogP contribution in [0.2, 0.25) is 0 Å². The van der Waals surface area contributed by atoms with Gasteiger partial charge in [0.25, 0.3) is 0 Å². The molecule has 446 valence electrons. The Kier molecular flexibility index (Phi) is 13.5. The third kappa shape index (κ3) is 8.87. The Morgan fingerprint density at radius 3 is 1.13 bits per heavy atom. The van der Waals surface area contributed by atoms with E-state index in [-0.39, 0.29) is 0 Å². The van der Waals surface area contributed by atoms with Crippen molar-refractivity contribution < 1.29 is 0 Å². The van der Waals surface area contributed by atoms with Crippen molar-refractivity contribution in [3.8, 4) is 40.1 Å². The van der Waals surface area contributed by atoms with Gasteiger partial charge in [-0.25, -0.2) is 0 Å². The van der Waals surface area contributed by atoms with Gasteiger partial charge in [0.05, 0.1) is 33.1 Å². The first-order valence-electron chi connectivity index (χ1n) is 32.5. The molecule has 4 heterocycles. The molecule has 8 heteroatoms. The van der Waals surface area contributed by atoms with Gasteiger partial charge >= 0.3 is 0 Å². The second-order valence-corrected chi connectivity index (χ2v) is 32.2. The topological polar surface area (TPSA) is 53.5 Å². The van der Waals surface area contributed by atoms with Crippen LogP contribution in [0, 0.1) is 0 Å². The maximum Gasteiger partial charge on any atom is 0.240 e. The average molecular weight is 1250 g/mol. The van der Waals surface area contributed by atoms with Gasteiger partial charge in [-0.15, -0.1) is 0 Å². The van der Waals surface area contributed by atoms with Crippen LogP contribution >= 0.6 is 0 Å². The van der Waals surface area contributed by atoms with E-state index in [0.717, 1.165) is 76.7 Å². The van der Waals surface area contributed by atoms with Crippen LogP contribution in [0.4, 0.5) is 0 Å². The van der Waals surface area contributed by atoms with E-state index in [1.807, 2.05) is 0 Å². The minimum atomic E-state index is -3.16. The molecule has 4 aromatic heterocycles. The molecular formula is C87H60N6Si2. The number of hydrogen-bond acceptors (Lipinski definition) is 3. The SMILES string of the molecule is c1ccc(-c2cccc([Si](c3ccccc3)(c3ccccc3)c3cccc(-c4nc(-n5c6ccccc6c6cc([Si](c7ccccc7)(c7ccccc7)c7ccccc7)ccc65)nc(-n5c6ccccc6c6ccc7c(c8ccccc8n7-c7ccccc7)c65)n4)c3)c2)cc1. The summed E-state index contributed by atoms with van der Waals surface area (Å²) in [7, 11) is -6.12. The number of hydrogen-bond donors (Lipinski definition) is 0. The second-order valence-electron chi connectivity index (χ2n) is 24.6. The number of aromatic nitrogens is 6. The zero-order valence-corrected chi connectivity index (χ0v) is 53.8. The molecule has 14 aromatic carbocycles. The van der Waals surface area contributed by atoms with Crippen molar-refractivity contribution in [1.82, 2.24) is 28.7 Å². The Morgan fingerprint density at radius 2 is 0.579 bits per heavy atom. The van der Waals surface area contributed by atoms with Gasteiger partial charge in [-0.2, -0.15) is 15.0 Å².